The molecule has 0 amide bonds. The molecule has 0 spiro atoms. The number of methoxy groups -OCH3 is 1. The molecule has 0 saturated heterocycles. The first-order valence-corrected chi connectivity index (χ1v) is 6.54. The molecule has 0 saturated carbocycles. The molecule has 0 unspecified atom stereocenters. The van der Waals surface area contributed by atoms with Crippen LogP contribution in [0.5, 0.6) is 5.75 Å². The summed E-state index contributed by atoms with van der Waals surface area (Å²) in [5.74, 6) is 0.876. The lowest BCUT2D eigenvalue weighted by Gasteiger charge is -2.06. The molecule has 2 aromatic carbocycles. The number of benzene rings is 2. The first kappa shape index (κ1) is 14.3. The van der Waals surface area contributed by atoms with Gasteiger partial charge in [0.15, 0.2) is 5.78 Å². The van der Waals surface area contributed by atoms with E-state index in [2.05, 4.69) is 0 Å². The maximum atomic E-state index is 11.8. The third-order valence-electron chi connectivity index (χ3n) is 2.91. The molecule has 0 bridgehead atoms. The summed E-state index contributed by atoms with van der Waals surface area (Å²) in [6.45, 7) is 0.545. The maximum absolute atomic E-state index is 11.8. The molecule has 0 radical (unpaired) electrons. The van der Waals surface area contributed by atoms with Crippen LogP contribution in [-0.2, 0) is 22.6 Å². The first-order valence-electron chi connectivity index (χ1n) is 6.54. The van der Waals surface area contributed by atoms with E-state index in [-0.39, 0.29) is 12.4 Å². The van der Waals surface area contributed by atoms with Crippen molar-refractivity contribution in [2.75, 3.05) is 13.7 Å². The van der Waals surface area contributed by atoms with Crippen molar-refractivity contribution >= 4 is 5.78 Å². The third-order valence-corrected chi connectivity index (χ3v) is 2.91. The Hall–Kier alpha value is -2.13. The van der Waals surface area contributed by atoms with Crippen LogP contribution in [0.4, 0.5) is 0 Å². The van der Waals surface area contributed by atoms with Crippen molar-refractivity contribution in [1.29, 1.82) is 0 Å². The van der Waals surface area contributed by atoms with Gasteiger partial charge in [0.2, 0.25) is 0 Å². The molecule has 0 heterocycles. The summed E-state index contributed by atoms with van der Waals surface area (Å²) < 4.78 is 10.6. The lowest BCUT2D eigenvalue weighted by atomic mass is 10.1. The van der Waals surface area contributed by atoms with Crippen LogP contribution < -0.4 is 4.74 Å². The second-order valence-corrected chi connectivity index (χ2v) is 4.55. The molecule has 104 valence electrons. The smallest absolute Gasteiger partial charge is 0.162 e. The highest BCUT2D eigenvalue weighted by Gasteiger charge is 2.04. The Morgan fingerprint density at radius 2 is 1.75 bits per heavy atom. The highest BCUT2D eigenvalue weighted by atomic mass is 16.5. The molecule has 0 aromatic heterocycles. The zero-order valence-electron chi connectivity index (χ0n) is 11.5. The van der Waals surface area contributed by atoms with Crippen LogP contribution in [0.15, 0.2) is 54.6 Å². The third kappa shape index (κ3) is 4.52. The van der Waals surface area contributed by atoms with Gasteiger partial charge in [-0.25, -0.2) is 0 Å². The predicted octanol–water partition coefficient (Wildman–Crippen LogP) is 3.02. The Morgan fingerprint density at radius 3 is 2.50 bits per heavy atom. The van der Waals surface area contributed by atoms with Crippen molar-refractivity contribution in [1.82, 2.24) is 0 Å². The van der Waals surface area contributed by atoms with Crippen molar-refractivity contribution in [3.63, 3.8) is 0 Å². The molecule has 0 aliphatic carbocycles. The molecule has 3 nitrogen and oxygen atoms in total. The Labute approximate surface area is 119 Å². The topological polar surface area (TPSA) is 35.5 Å². The number of hydrogen-bond acceptors (Lipinski definition) is 3. The van der Waals surface area contributed by atoms with Gasteiger partial charge in [0.1, 0.15) is 12.4 Å². The molecular weight excluding hydrogens is 252 g/mol. The standard InChI is InChI=1S/C17H18O3/c1-19-17-9-5-8-15(11-17)12-20-13-16(18)10-14-6-3-2-4-7-14/h2-9,11H,10,12-13H2,1H3. The largest absolute Gasteiger partial charge is 0.497 e. The van der Waals surface area contributed by atoms with Crippen LogP contribution in [0.25, 0.3) is 0 Å². The van der Waals surface area contributed by atoms with Crippen molar-refractivity contribution in [3.8, 4) is 5.75 Å². The molecule has 3 heteroatoms. The summed E-state index contributed by atoms with van der Waals surface area (Å²) in [7, 11) is 1.63. The van der Waals surface area contributed by atoms with Crippen molar-refractivity contribution in [2.45, 2.75) is 13.0 Å². The van der Waals surface area contributed by atoms with E-state index >= 15 is 0 Å². The summed E-state index contributed by atoms with van der Waals surface area (Å²) in [5, 5.41) is 0. The number of rotatable bonds is 7. The van der Waals surface area contributed by atoms with Crippen molar-refractivity contribution < 1.29 is 14.3 Å². The van der Waals surface area contributed by atoms with Crippen LogP contribution in [-0.4, -0.2) is 19.5 Å². The number of carbonyl (C=O) groups excluding carboxylic acids is 1. The van der Waals surface area contributed by atoms with Gasteiger partial charge in [0, 0.05) is 6.42 Å². The molecule has 2 aromatic rings. The molecular formula is C17H18O3. The van der Waals surface area contributed by atoms with E-state index in [0.29, 0.717) is 13.0 Å². The van der Waals surface area contributed by atoms with E-state index in [1.165, 1.54) is 0 Å². The predicted molar refractivity (Wildman–Crippen MR) is 77.8 cm³/mol. The van der Waals surface area contributed by atoms with E-state index in [0.717, 1.165) is 16.9 Å². The molecule has 2 rings (SSSR count). The zero-order valence-corrected chi connectivity index (χ0v) is 11.5. The Kier molecular flexibility index (Phi) is 5.33. The average molecular weight is 270 g/mol. The molecule has 0 fully saturated rings. The fourth-order valence-electron chi connectivity index (χ4n) is 1.92. The highest BCUT2D eigenvalue weighted by Crippen LogP contribution is 2.13. The van der Waals surface area contributed by atoms with Crippen LogP contribution >= 0.6 is 0 Å². The van der Waals surface area contributed by atoms with E-state index in [4.69, 9.17) is 9.47 Å². The fourth-order valence-corrected chi connectivity index (χ4v) is 1.92. The summed E-state index contributed by atoms with van der Waals surface area (Å²) in [4.78, 5) is 11.8. The van der Waals surface area contributed by atoms with E-state index in [1.807, 2.05) is 54.6 Å². The molecule has 0 N–H and O–H groups in total. The minimum atomic E-state index is 0.0825. The summed E-state index contributed by atoms with van der Waals surface area (Å²) in [5.41, 5.74) is 2.01. The molecule has 0 aliphatic heterocycles. The van der Waals surface area contributed by atoms with Crippen LogP contribution in [0.2, 0.25) is 0 Å². The molecule has 0 atom stereocenters. The minimum absolute atomic E-state index is 0.0825. The molecule has 0 aliphatic rings. The van der Waals surface area contributed by atoms with Gasteiger partial charge >= 0.3 is 0 Å². The minimum Gasteiger partial charge on any atom is -0.497 e. The van der Waals surface area contributed by atoms with Gasteiger partial charge in [-0.1, -0.05) is 42.5 Å². The second-order valence-electron chi connectivity index (χ2n) is 4.55. The van der Waals surface area contributed by atoms with Crippen molar-refractivity contribution in [3.05, 3.63) is 65.7 Å². The summed E-state index contributed by atoms with van der Waals surface area (Å²) in [6, 6.07) is 17.3. The van der Waals surface area contributed by atoms with Crippen molar-refractivity contribution in [2.24, 2.45) is 0 Å². The normalized spacial score (nSPS) is 10.2. The van der Waals surface area contributed by atoms with E-state index < -0.39 is 0 Å². The lowest BCUT2D eigenvalue weighted by molar-refractivity contribution is -0.123. The van der Waals surface area contributed by atoms with Crippen LogP contribution in [0, 0.1) is 0 Å². The number of Topliss-reactive ketones (excluding diaryl/α,β-unsaturated/α-hetero) is 1. The van der Waals surface area contributed by atoms with Gasteiger partial charge in [-0.05, 0) is 23.3 Å². The van der Waals surface area contributed by atoms with Gasteiger partial charge in [-0.15, -0.1) is 0 Å². The maximum Gasteiger partial charge on any atom is 0.162 e. The Bertz CT molecular complexity index is 549. The number of hydrogen-bond donors (Lipinski definition) is 0. The Balaban J connectivity index is 1.76. The van der Waals surface area contributed by atoms with Gasteiger partial charge in [-0.2, -0.15) is 0 Å². The monoisotopic (exact) mass is 270 g/mol. The zero-order chi connectivity index (χ0) is 14.2. The molecule has 20 heavy (non-hydrogen) atoms. The summed E-state index contributed by atoms with van der Waals surface area (Å²) in [6.07, 6.45) is 0.416. The Morgan fingerprint density at radius 1 is 1.00 bits per heavy atom. The number of ether oxygens (including phenoxy) is 2. The van der Waals surface area contributed by atoms with E-state index in [1.54, 1.807) is 7.11 Å². The highest BCUT2D eigenvalue weighted by molar-refractivity contribution is 5.82. The fraction of sp³-hybridized carbons (Fsp3) is 0.235. The quantitative estimate of drug-likeness (QED) is 0.775. The van der Waals surface area contributed by atoms with E-state index in [9.17, 15) is 4.79 Å². The number of ketones is 1. The van der Waals surface area contributed by atoms with Gasteiger partial charge in [0.25, 0.3) is 0 Å². The average Bonchev–Trinajstić information content (AvgIpc) is 2.48. The van der Waals surface area contributed by atoms with Crippen LogP contribution in [0.3, 0.4) is 0 Å². The van der Waals surface area contributed by atoms with Crippen LogP contribution in [0.1, 0.15) is 11.1 Å². The first-order chi connectivity index (χ1) is 9.78. The van der Waals surface area contributed by atoms with Gasteiger partial charge in [-0.3, -0.25) is 4.79 Å². The second kappa shape index (κ2) is 7.46. The lowest BCUT2D eigenvalue weighted by Crippen LogP contribution is -2.11. The number of carbonyl (C=O) groups is 1. The van der Waals surface area contributed by atoms with Gasteiger partial charge in [0.05, 0.1) is 13.7 Å². The summed E-state index contributed by atoms with van der Waals surface area (Å²) >= 11 is 0. The SMILES string of the molecule is COc1cccc(COCC(=O)Cc2ccccc2)c1. The van der Waals surface area contributed by atoms with Gasteiger partial charge < -0.3 is 9.47 Å².